The van der Waals surface area contributed by atoms with Crippen LogP contribution in [0.15, 0.2) is 30.3 Å². The summed E-state index contributed by atoms with van der Waals surface area (Å²) in [6.45, 7) is 2.66. The molecule has 0 atom stereocenters. The number of nitrogens with zero attached hydrogens (tertiary/aromatic N) is 2. The molecule has 5 heteroatoms. The maximum absolute atomic E-state index is 13.2. The van der Waals surface area contributed by atoms with Gasteiger partial charge < -0.3 is 5.32 Å². The predicted octanol–water partition coefficient (Wildman–Crippen LogP) is 3.72. The van der Waals surface area contributed by atoms with Crippen molar-refractivity contribution in [2.75, 3.05) is 11.9 Å². The van der Waals surface area contributed by atoms with Crippen LogP contribution in [0, 0.1) is 23.0 Å². The number of hydrogen-bond donors (Lipinski definition) is 1. The van der Waals surface area contributed by atoms with Crippen LogP contribution < -0.4 is 5.32 Å². The SMILES string of the molecule is CCCNc1nc(-c2cc(F)cc(F)c2)ccc1C#N. The van der Waals surface area contributed by atoms with Crippen LogP contribution in [0.2, 0.25) is 0 Å². The summed E-state index contributed by atoms with van der Waals surface area (Å²) in [4.78, 5) is 4.27. The molecule has 0 bridgehead atoms. The van der Waals surface area contributed by atoms with Crippen molar-refractivity contribution in [3.05, 3.63) is 47.5 Å². The molecular weight excluding hydrogens is 260 g/mol. The molecule has 0 radical (unpaired) electrons. The first-order chi connectivity index (χ1) is 9.63. The highest BCUT2D eigenvalue weighted by Crippen LogP contribution is 2.23. The van der Waals surface area contributed by atoms with Gasteiger partial charge in [0.1, 0.15) is 23.5 Å². The van der Waals surface area contributed by atoms with Crippen LogP contribution in [0.4, 0.5) is 14.6 Å². The molecule has 2 rings (SSSR count). The zero-order valence-corrected chi connectivity index (χ0v) is 11.0. The highest BCUT2D eigenvalue weighted by molar-refractivity contribution is 5.64. The Balaban J connectivity index is 2.44. The minimum absolute atomic E-state index is 0.339. The number of pyridine rings is 1. The Bertz CT molecular complexity index is 642. The Morgan fingerprint density at radius 2 is 1.90 bits per heavy atom. The molecular formula is C15H13F2N3. The van der Waals surface area contributed by atoms with Crippen LogP contribution in [0.3, 0.4) is 0 Å². The van der Waals surface area contributed by atoms with E-state index < -0.39 is 11.6 Å². The molecule has 0 aliphatic carbocycles. The van der Waals surface area contributed by atoms with Crippen molar-refractivity contribution >= 4 is 5.82 Å². The number of rotatable bonds is 4. The van der Waals surface area contributed by atoms with Crippen molar-refractivity contribution in [2.24, 2.45) is 0 Å². The summed E-state index contributed by atoms with van der Waals surface area (Å²) in [5.41, 5.74) is 1.16. The Morgan fingerprint density at radius 3 is 2.50 bits per heavy atom. The van der Waals surface area contributed by atoms with Crippen LogP contribution in [0.1, 0.15) is 18.9 Å². The summed E-state index contributed by atoms with van der Waals surface area (Å²) < 4.78 is 26.5. The van der Waals surface area contributed by atoms with Gasteiger partial charge in [-0.1, -0.05) is 6.92 Å². The van der Waals surface area contributed by atoms with E-state index in [9.17, 15) is 8.78 Å². The predicted molar refractivity (Wildman–Crippen MR) is 73.1 cm³/mol. The second-order valence-electron chi connectivity index (χ2n) is 4.29. The van der Waals surface area contributed by atoms with Crippen molar-refractivity contribution in [1.82, 2.24) is 4.98 Å². The van der Waals surface area contributed by atoms with Gasteiger partial charge in [-0.3, -0.25) is 0 Å². The quantitative estimate of drug-likeness (QED) is 0.923. The van der Waals surface area contributed by atoms with Crippen LogP contribution in [-0.4, -0.2) is 11.5 Å². The monoisotopic (exact) mass is 273 g/mol. The van der Waals surface area contributed by atoms with Gasteiger partial charge in [0.15, 0.2) is 0 Å². The first-order valence-electron chi connectivity index (χ1n) is 6.25. The molecule has 0 aliphatic rings. The van der Waals surface area contributed by atoms with Crippen LogP contribution in [0.5, 0.6) is 0 Å². The molecule has 3 nitrogen and oxygen atoms in total. The number of hydrogen-bond acceptors (Lipinski definition) is 3. The molecule has 0 spiro atoms. The van der Waals surface area contributed by atoms with Gasteiger partial charge in [0.25, 0.3) is 0 Å². The van der Waals surface area contributed by atoms with E-state index in [1.165, 1.54) is 12.1 Å². The molecule has 0 saturated carbocycles. The molecule has 0 aliphatic heterocycles. The van der Waals surface area contributed by atoms with E-state index >= 15 is 0 Å². The minimum atomic E-state index is -0.658. The van der Waals surface area contributed by atoms with E-state index in [0.717, 1.165) is 12.5 Å². The van der Waals surface area contributed by atoms with Crippen LogP contribution in [-0.2, 0) is 0 Å². The topological polar surface area (TPSA) is 48.7 Å². The average Bonchev–Trinajstić information content (AvgIpc) is 2.43. The van der Waals surface area contributed by atoms with Crippen molar-refractivity contribution < 1.29 is 8.78 Å². The van der Waals surface area contributed by atoms with Gasteiger partial charge in [-0.05, 0) is 30.7 Å². The fourth-order valence-corrected chi connectivity index (χ4v) is 1.79. The second kappa shape index (κ2) is 6.11. The van der Waals surface area contributed by atoms with Gasteiger partial charge in [-0.2, -0.15) is 5.26 Å². The number of anilines is 1. The third kappa shape index (κ3) is 3.09. The smallest absolute Gasteiger partial charge is 0.144 e. The Kier molecular flexibility index (Phi) is 4.26. The fourth-order valence-electron chi connectivity index (χ4n) is 1.79. The van der Waals surface area contributed by atoms with E-state index in [-0.39, 0.29) is 0 Å². The molecule has 1 N–H and O–H groups in total. The molecule has 1 aromatic carbocycles. The van der Waals surface area contributed by atoms with Gasteiger partial charge in [-0.15, -0.1) is 0 Å². The summed E-state index contributed by atoms with van der Waals surface area (Å²) in [5, 5.41) is 12.0. The highest BCUT2D eigenvalue weighted by atomic mass is 19.1. The summed E-state index contributed by atoms with van der Waals surface area (Å²) in [6, 6.07) is 8.42. The molecule has 1 aromatic heterocycles. The highest BCUT2D eigenvalue weighted by Gasteiger charge is 2.09. The van der Waals surface area contributed by atoms with Gasteiger partial charge in [0.2, 0.25) is 0 Å². The Labute approximate surface area is 115 Å². The zero-order chi connectivity index (χ0) is 14.5. The standard InChI is InChI=1S/C15H13F2N3/c1-2-5-19-15-10(9-18)3-4-14(20-15)11-6-12(16)8-13(17)7-11/h3-4,6-8H,2,5H2,1H3,(H,19,20). The van der Waals surface area contributed by atoms with E-state index in [0.29, 0.717) is 29.2 Å². The lowest BCUT2D eigenvalue weighted by molar-refractivity contribution is 0.584. The molecule has 1 heterocycles. The van der Waals surface area contributed by atoms with E-state index in [1.807, 2.05) is 13.0 Å². The third-order valence-electron chi connectivity index (χ3n) is 2.72. The molecule has 0 fully saturated rings. The number of benzene rings is 1. The van der Waals surface area contributed by atoms with Crippen LogP contribution in [0.25, 0.3) is 11.3 Å². The van der Waals surface area contributed by atoms with Crippen molar-refractivity contribution in [2.45, 2.75) is 13.3 Å². The zero-order valence-electron chi connectivity index (χ0n) is 11.0. The maximum atomic E-state index is 13.2. The van der Waals surface area contributed by atoms with Crippen LogP contribution >= 0.6 is 0 Å². The Morgan fingerprint density at radius 1 is 1.20 bits per heavy atom. The van der Waals surface area contributed by atoms with E-state index in [1.54, 1.807) is 12.1 Å². The molecule has 0 saturated heterocycles. The van der Waals surface area contributed by atoms with Gasteiger partial charge >= 0.3 is 0 Å². The third-order valence-corrected chi connectivity index (χ3v) is 2.72. The fraction of sp³-hybridized carbons (Fsp3) is 0.200. The largest absolute Gasteiger partial charge is 0.369 e. The number of aromatic nitrogens is 1. The number of nitrogens with one attached hydrogen (secondary N) is 1. The molecule has 0 unspecified atom stereocenters. The first kappa shape index (κ1) is 13.9. The summed E-state index contributed by atoms with van der Waals surface area (Å²) in [7, 11) is 0. The van der Waals surface area contributed by atoms with E-state index in [4.69, 9.17) is 5.26 Å². The maximum Gasteiger partial charge on any atom is 0.144 e. The van der Waals surface area contributed by atoms with E-state index in [2.05, 4.69) is 10.3 Å². The lowest BCUT2D eigenvalue weighted by Gasteiger charge is -2.09. The second-order valence-corrected chi connectivity index (χ2v) is 4.29. The molecule has 0 amide bonds. The minimum Gasteiger partial charge on any atom is -0.369 e. The molecule has 102 valence electrons. The lowest BCUT2D eigenvalue weighted by atomic mass is 10.1. The summed E-state index contributed by atoms with van der Waals surface area (Å²) >= 11 is 0. The first-order valence-corrected chi connectivity index (χ1v) is 6.25. The Hall–Kier alpha value is -2.48. The lowest BCUT2D eigenvalue weighted by Crippen LogP contribution is -2.04. The number of nitriles is 1. The van der Waals surface area contributed by atoms with Gasteiger partial charge in [0, 0.05) is 18.2 Å². The molecule has 2 aromatic rings. The normalized spacial score (nSPS) is 10.1. The van der Waals surface area contributed by atoms with Crippen molar-refractivity contribution in [3.63, 3.8) is 0 Å². The summed E-state index contributed by atoms with van der Waals surface area (Å²) in [5.74, 6) is -0.889. The molecule has 20 heavy (non-hydrogen) atoms. The average molecular weight is 273 g/mol. The van der Waals surface area contributed by atoms with Crippen molar-refractivity contribution in [1.29, 1.82) is 5.26 Å². The van der Waals surface area contributed by atoms with Gasteiger partial charge in [-0.25, -0.2) is 13.8 Å². The van der Waals surface area contributed by atoms with Gasteiger partial charge in [0.05, 0.1) is 11.3 Å². The summed E-state index contributed by atoms with van der Waals surface area (Å²) in [6.07, 6.45) is 0.880. The van der Waals surface area contributed by atoms with Crippen molar-refractivity contribution in [3.8, 4) is 17.3 Å². The number of halogens is 2.